The van der Waals surface area contributed by atoms with Gasteiger partial charge in [0.2, 0.25) is 0 Å². The van der Waals surface area contributed by atoms with Crippen LogP contribution in [0.25, 0.3) is 0 Å². The highest BCUT2D eigenvalue weighted by Crippen LogP contribution is 2.17. The van der Waals surface area contributed by atoms with Crippen molar-refractivity contribution < 1.29 is 9.90 Å². The van der Waals surface area contributed by atoms with Gasteiger partial charge in [0, 0.05) is 18.6 Å². The van der Waals surface area contributed by atoms with Crippen LogP contribution >= 0.6 is 15.9 Å². The van der Waals surface area contributed by atoms with E-state index in [9.17, 15) is 4.79 Å². The number of halogens is 1. The number of aliphatic hydroxyl groups is 1. The van der Waals surface area contributed by atoms with Crippen LogP contribution in [-0.2, 0) is 0 Å². The highest BCUT2D eigenvalue weighted by atomic mass is 79.9. The average molecular weight is 297 g/mol. The molecule has 0 saturated heterocycles. The number of rotatable bonds is 3. The minimum Gasteiger partial charge on any atom is -0.396 e. The zero-order valence-corrected chi connectivity index (χ0v) is 10.7. The molecule has 90 valence electrons. The van der Waals surface area contributed by atoms with E-state index in [0.29, 0.717) is 10.3 Å². The second-order valence-corrected chi connectivity index (χ2v) is 4.80. The first-order valence-electron chi connectivity index (χ1n) is 5.41. The predicted molar refractivity (Wildman–Crippen MR) is 67.5 cm³/mol. The number of nitrogens with one attached hydrogen (secondary N) is 1. The largest absolute Gasteiger partial charge is 0.396 e. The van der Waals surface area contributed by atoms with Gasteiger partial charge in [0.05, 0.1) is 0 Å². The van der Waals surface area contributed by atoms with Gasteiger partial charge in [-0.1, -0.05) is 18.2 Å². The lowest BCUT2D eigenvalue weighted by Gasteiger charge is -2.12. The molecule has 1 aliphatic carbocycles. The number of carbonyl (C=O) groups is 1. The van der Waals surface area contributed by atoms with Gasteiger partial charge in [-0.05, 0) is 34.5 Å². The lowest BCUT2D eigenvalue weighted by molar-refractivity contribution is 0.0936. The van der Waals surface area contributed by atoms with Crippen LogP contribution in [0.15, 0.2) is 35.0 Å². The van der Waals surface area contributed by atoms with Crippen LogP contribution in [0.5, 0.6) is 0 Å². The van der Waals surface area contributed by atoms with Crippen LogP contribution in [0, 0.1) is 5.92 Å². The van der Waals surface area contributed by atoms with Gasteiger partial charge in [0.1, 0.15) is 10.3 Å². The molecule has 1 heterocycles. The topological polar surface area (TPSA) is 62.2 Å². The Labute approximate surface area is 108 Å². The standard InChI is InChI=1S/C12H13BrN2O2/c13-11-3-1-2-10(15-11)12(17)14-9-5-4-8(6-9)7-16/h1-5,8-9,16H,6-7H2,(H,14,17)/t8-,9+/m0/s1. The molecule has 0 aliphatic heterocycles. The van der Waals surface area contributed by atoms with Crippen molar-refractivity contribution in [1.29, 1.82) is 0 Å². The summed E-state index contributed by atoms with van der Waals surface area (Å²) in [6.45, 7) is 0.123. The molecule has 0 radical (unpaired) electrons. The Morgan fingerprint density at radius 3 is 3.00 bits per heavy atom. The Morgan fingerprint density at radius 2 is 2.35 bits per heavy atom. The van der Waals surface area contributed by atoms with Gasteiger partial charge in [0.15, 0.2) is 0 Å². The van der Waals surface area contributed by atoms with Gasteiger partial charge in [-0.15, -0.1) is 0 Å². The van der Waals surface area contributed by atoms with Crippen LogP contribution in [-0.4, -0.2) is 28.6 Å². The number of amides is 1. The lowest BCUT2D eigenvalue weighted by Crippen LogP contribution is -2.33. The smallest absolute Gasteiger partial charge is 0.270 e. The maximum absolute atomic E-state index is 11.9. The minimum atomic E-state index is -0.195. The third-order valence-electron chi connectivity index (χ3n) is 2.67. The first-order chi connectivity index (χ1) is 8.19. The molecular weight excluding hydrogens is 284 g/mol. The molecule has 4 nitrogen and oxygen atoms in total. The highest BCUT2D eigenvalue weighted by Gasteiger charge is 2.20. The van der Waals surface area contributed by atoms with Crippen LogP contribution in [0.2, 0.25) is 0 Å². The predicted octanol–water partition coefficient (Wildman–Crippen LogP) is 1.51. The van der Waals surface area contributed by atoms with E-state index in [4.69, 9.17) is 5.11 Å². The van der Waals surface area contributed by atoms with E-state index in [2.05, 4.69) is 26.2 Å². The summed E-state index contributed by atoms with van der Waals surface area (Å²) in [5, 5.41) is 11.9. The molecule has 0 fully saturated rings. The highest BCUT2D eigenvalue weighted by molar-refractivity contribution is 9.10. The Kier molecular flexibility index (Phi) is 3.91. The van der Waals surface area contributed by atoms with Gasteiger partial charge in [-0.3, -0.25) is 4.79 Å². The van der Waals surface area contributed by atoms with E-state index in [1.54, 1.807) is 18.2 Å². The number of hydrogen-bond acceptors (Lipinski definition) is 3. The van der Waals surface area contributed by atoms with Crippen LogP contribution in [0.4, 0.5) is 0 Å². The first kappa shape index (κ1) is 12.3. The monoisotopic (exact) mass is 296 g/mol. The quantitative estimate of drug-likeness (QED) is 0.656. The molecule has 0 saturated carbocycles. The van der Waals surface area contributed by atoms with Gasteiger partial charge >= 0.3 is 0 Å². The summed E-state index contributed by atoms with van der Waals surface area (Å²) in [5.41, 5.74) is 0.389. The summed E-state index contributed by atoms with van der Waals surface area (Å²) in [7, 11) is 0. The van der Waals surface area contributed by atoms with E-state index >= 15 is 0 Å². The normalized spacial score (nSPS) is 22.7. The number of pyridine rings is 1. The molecule has 1 aromatic heterocycles. The van der Waals surface area contributed by atoms with E-state index in [1.165, 1.54) is 0 Å². The van der Waals surface area contributed by atoms with Gasteiger partial charge in [0.25, 0.3) is 5.91 Å². The van der Waals surface area contributed by atoms with Crippen molar-refractivity contribution >= 4 is 21.8 Å². The van der Waals surface area contributed by atoms with Crippen molar-refractivity contribution in [1.82, 2.24) is 10.3 Å². The van der Waals surface area contributed by atoms with Gasteiger partial charge in [-0.25, -0.2) is 4.98 Å². The second kappa shape index (κ2) is 5.42. The fourth-order valence-electron chi connectivity index (χ4n) is 1.79. The molecule has 0 spiro atoms. The molecule has 0 unspecified atom stereocenters. The van der Waals surface area contributed by atoms with Crippen LogP contribution in [0.1, 0.15) is 16.9 Å². The summed E-state index contributed by atoms with van der Waals surface area (Å²) in [6.07, 6.45) is 4.59. The number of aromatic nitrogens is 1. The number of aliphatic hydroxyl groups excluding tert-OH is 1. The Balaban J connectivity index is 1.96. The zero-order chi connectivity index (χ0) is 12.3. The SMILES string of the molecule is O=C(N[C@@H]1C=C[C@H](CO)C1)c1cccc(Br)n1. The maximum atomic E-state index is 11.9. The van der Waals surface area contributed by atoms with Gasteiger partial charge in [-0.2, -0.15) is 0 Å². The Hall–Kier alpha value is -1.20. The Morgan fingerprint density at radius 1 is 1.53 bits per heavy atom. The maximum Gasteiger partial charge on any atom is 0.270 e. The molecule has 17 heavy (non-hydrogen) atoms. The fourth-order valence-corrected chi connectivity index (χ4v) is 2.14. The Bertz CT molecular complexity index is 448. The summed E-state index contributed by atoms with van der Waals surface area (Å²) < 4.78 is 0.639. The van der Waals surface area contributed by atoms with Gasteiger partial charge < -0.3 is 10.4 Å². The molecule has 2 atom stereocenters. The summed E-state index contributed by atoms with van der Waals surface area (Å²) in [6, 6.07) is 5.20. The number of carbonyl (C=O) groups excluding carboxylic acids is 1. The van der Waals surface area contributed by atoms with Crippen molar-refractivity contribution in [3.05, 3.63) is 40.6 Å². The van der Waals surface area contributed by atoms with Crippen molar-refractivity contribution in [2.75, 3.05) is 6.61 Å². The van der Waals surface area contributed by atoms with Crippen LogP contribution in [0.3, 0.4) is 0 Å². The van der Waals surface area contributed by atoms with Crippen molar-refractivity contribution in [3.8, 4) is 0 Å². The summed E-state index contributed by atoms with van der Waals surface area (Å²) in [5.74, 6) is -0.0460. The molecule has 1 aliphatic rings. The van der Waals surface area contributed by atoms with E-state index in [1.807, 2.05) is 12.2 Å². The lowest BCUT2D eigenvalue weighted by atomic mass is 10.1. The fraction of sp³-hybridized carbons (Fsp3) is 0.333. The zero-order valence-electron chi connectivity index (χ0n) is 9.14. The van der Waals surface area contributed by atoms with Crippen molar-refractivity contribution in [2.45, 2.75) is 12.5 Å². The molecular formula is C12H13BrN2O2. The summed E-state index contributed by atoms with van der Waals surface area (Å²) in [4.78, 5) is 15.9. The number of nitrogens with zero attached hydrogens (tertiary/aromatic N) is 1. The van der Waals surface area contributed by atoms with E-state index < -0.39 is 0 Å². The third-order valence-corrected chi connectivity index (χ3v) is 3.11. The average Bonchev–Trinajstić information content (AvgIpc) is 2.77. The van der Waals surface area contributed by atoms with Crippen molar-refractivity contribution in [2.24, 2.45) is 5.92 Å². The first-order valence-corrected chi connectivity index (χ1v) is 6.21. The molecule has 0 bridgehead atoms. The van der Waals surface area contributed by atoms with Crippen LogP contribution < -0.4 is 5.32 Å². The minimum absolute atomic E-state index is 0.0135. The molecule has 2 rings (SSSR count). The number of hydrogen-bond donors (Lipinski definition) is 2. The summed E-state index contributed by atoms with van der Waals surface area (Å²) >= 11 is 3.23. The van der Waals surface area contributed by atoms with E-state index in [-0.39, 0.29) is 24.5 Å². The third kappa shape index (κ3) is 3.14. The van der Waals surface area contributed by atoms with E-state index in [0.717, 1.165) is 6.42 Å². The molecule has 1 amide bonds. The molecule has 5 heteroatoms. The molecule has 2 N–H and O–H groups in total. The molecule has 0 aromatic carbocycles. The molecule has 1 aromatic rings. The second-order valence-electron chi connectivity index (χ2n) is 3.99. The van der Waals surface area contributed by atoms with Crippen molar-refractivity contribution in [3.63, 3.8) is 0 Å².